The van der Waals surface area contributed by atoms with Gasteiger partial charge in [0.15, 0.2) is 0 Å². The third-order valence-electron chi connectivity index (χ3n) is 4.94. The third kappa shape index (κ3) is 4.07. The van der Waals surface area contributed by atoms with Crippen molar-refractivity contribution in [1.29, 1.82) is 0 Å². The lowest BCUT2D eigenvalue weighted by atomic mass is 9.92. The molecule has 2 atom stereocenters. The lowest BCUT2D eigenvalue weighted by Crippen LogP contribution is -2.41. The zero-order valence-corrected chi connectivity index (χ0v) is 15.2. The van der Waals surface area contributed by atoms with Crippen LogP contribution in [0.5, 0.6) is 0 Å². The van der Waals surface area contributed by atoms with E-state index in [9.17, 15) is 9.90 Å². The number of hydrogen-bond acceptors (Lipinski definition) is 3. The predicted octanol–water partition coefficient (Wildman–Crippen LogP) is 3.89. The molecular formula is C21H26N2O2. The van der Waals surface area contributed by atoms with E-state index in [4.69, 9.17) is 0 Å². The van der Waals surface area contributed by atoms with E-state index in [0.29, 0.717) is 6.54 Å². The van der Waals surface area contributed by atoms with E-state index in [1.54, 1.807) is 0 Å². The Labute approximate surface area is 149 Å². The lowest BCUT2D eigenvalue weighted by Gasteiger charge is -2.37. The minimum Gasteiger partial charge on any atom is -0.481 e. The molecule has 25 heavy (non-hydrogen) atoms. The fraction of sp³-hybridized carbons (Fsp3) is 0.429. The van der Waals surface area contributed by atoms with Gasteiger partial charge in [0.2, 0.25) is 0 Å². The van der Waals surface area contributed by atoms with E-state index in [1.807, 2.05) is 13.1 Å². The molecular weight excluding hydrogens is 312 g/mol. The molecule has 0 aliphatic carbocycles. The van der Waals surface area contributed by atoms with Crippen molar-refractivity contribution in [3.8, 4) is 0 Å². The Kier molecular flexibility index (Phi) is 5.19. The van der Waals surface area contributed by atoms with Crippen molar-refractivity contribution in [2.75, 3.05) is 13.1 Å². The maximum atomic E-state index is 11.5. The van der Waals surface area contributed by atoms with Crippen molar-refractivity contribution < 1.29 is 9.90 Å². The van der Waals surface area contributed by atoms with Gasteiger partial charge in [-0.15, -0.1) is 0 Å². The Morgan fingerprint density at radius 1 is 1.16 bits per heavy atom. The smallest absolute Gasteiger partial charge is 0.307 e. The number of carbonyl (C=O) groups is 1. The van der Waals surface area contributed by atoms with Gasteiger partial charge in [-0.1, -0.05) is 35.4 Å². The molecule has 1 N–H and O–H groups in total. The number of pyridine rings is 1. The van der Waals surface area contributed by atoms with Crippen LogP contribution in [0, 0.1) is 26.7 Å². The Hall–Kier alpha value is -2.20. The number of aliphatic carboxylic acids is 1. The number of piperidine rings is 1. The normalized spacial score (nSPS) is 19.6. The van der Waals surface area contributed by atoms with E-state index in [1.165, 1.54) is 16.7 Å². The summed E-state index contributed by atoms with van der Waals surface area (Å²) in [5.41, 5.74) is 5.75. The van der Waals surface area contributed by atoms with Crippen LogP contribution in [0.2, 0.25) is 0 Å². The van der Waals surface area contributed by atoms with Crippen LogP contribution < -0.4 is 0 Å². The summed E-state index contributed by atoms with van der Waals surface area (Å²) in [5.74, 6) is -0.992. The molecule has 2 aromatic rings. The molecule has 1 aliphatic rings. The summed E-state index contributed by atoms with van der Waals surface area (Å²) in [5, 5.41) is 9.46. The highest BCUT2D eigenvalue weighted by molar-refractivity contribution is 5.70. The topological polar surface area (TPSA) is 53.4 Å². The molecule has 132 valence electrons. The van der Waals surface area contributed by atoms with Crippen molar-refractivity contribution in [2.45, 2.75) is 39.7 Å². The van der Waals surface area contributed by atoms with Gasteiger partial charge in [-0.2, -0.15) is 0 Å². The minimum atomic E-state index is -0.694. The highest BCUT2D eigenvalue weighted by Gasteiger charge is 2.32. The molecule has 1 aromatic carbocycles. The number of hydrogen-bond donors (Lipinski definition) is 1. The summed E-state index contributed by atoms with van der Waals surface area (Å²) in [7, 11) is 0. The largest absolute Gasteiger partial charge is 0.481 e. The average Bonchev–Trinajstić information content (AvgIpc) is 2.56. The Bertz CT molecular complexity index is 735. The van der Waals surface area contributed by atoms with E-state index in [2.05, 4.69) is 54.1 Å². The van der Waals surface area contributed by atoms with Gasteiger partial charge in [0.05, 0.1) is 17.7 Å². The van der Waals surface area contributed by atoms with Crippen LogP contribution in [0.3, 0.4) is 0 Å². The zero-order chi connectivity index (χ0) is 18.0. The molecule has 0 bridgehead atoms. The number of aromatic nitrogens is 1. The maximum Gasteiger partial charge on any atom is 0.307 e. The summed E-state index contributed by atoms with van der Waals surface area (Å²) in [6, 6.07) is 10.7. The summed E-state index contributed by atoms with van der Waals surface area (Å²) in [6.07, 6.45) is 3.56. The molecule has 1 aliphatic heterocycles. The van der Waals surface area contributed by atoms with Gasteiger partial charge in [-0.05, 0) is 57.4 Å². The molecule has 3 rings (SSSR count). The van der Waals surface area contributed by atoms with Crippen LogP contribution in [0.1, 0.15) is 46.8 Å². The fourth-order valence-corrected chi connectivity index (χ4v) is 3.82. The number of likely N-dealkylation sites (tertiary alicyclic amines) is 1. The zero-order valence-electron chi connectivity index (χ0n) is 15.2. The Balaban J connectivity index is 2.02. The van der Waals surface area contributed by atoms with E-state index < -0.39 is 5.97 Å². The second kappa shape index (κ2) is 7.36. The van der Waals surface area contributed by atoms with Gasteiger partial charge in [0.1, 0.15) is 0 Å². The van der Waals surface area contributed by atoms with Crippen LogP contribution in [-0.4, -0.2) is 34.0 Å². The van der Waals surface area contributed by atoms with Crippen molar-refractivity contribution in [3.05, 3.63) is 64.5 Å². The number of carboxylic acids is 1. The van der Waals surface area contributed by atoms with Crippen molar-refractivity contribution in [1.82, 2.24) is 9.88 Å². The summed E-state index contributed by atoms with van der Waals surface area (Å²) in [6.45, 7) is 7.71. The predicted molar refractivity (Wildman–Crippen MR) is 98.7 cm³/mol. The van der Waals surface area contributed by atoms with E-state index >= 15 is 0 Å². The molecule has 1 fully saturated rings. The number of rotatable bonds is 4. The first-order chi connectivity index (χ1) is 11.9. The van der Waals surface area contributed by atoms with E-state index in [0.717, 1.165) is 30.6 Å². The summed E-state index contributed by atoms with van der Waals surface area (Å²) >= 11 is 0. The van der Waals surface area contributed by atoms with Gasteiger partial charge in [0.25, 0.3) is 0 Å². The molecule has 4 heteroatoms. The second-order valence-electron chi connectivity index (χ2n) is 7.26. The van der Waals surface area contributed by atoms with Crippen LogP contribution in [0.4, 0.5) is 0 Å². The first-order valence-corrected chi connectivity index (χ1v) is 8.91. The van der Waals surface area contributed by atoms with Gasteiger partial charge >= 0.3 is 5.97 Å². The Morgan fingerprint density at radius 3 is 2.48 bits per heavy atom. The fourth-order valence-electron chi connectivity index (χ4n) is 3.82. The number of benzene rings is 1. The van der Waals surface area contributed by atoms with Crippen molar-refractivity contribution >= 4 is 5.97 Å². The maximum absolute atomic E-state index is 11.5. The lowest BCUT2D eigenvalue weighted by molar-refractivity contribution is -0.143. The van der Waals surface area contributed by atoms with Gasteiger partial charge in [-0.3, -0.25) is 14.7 Å². The third-order valence-corrected chi connectivity index (χ3v) is 4.94. The van der Waals surface area contributed by atoms with Crippen LogP contribution in [0.15, 0.2) is 36.5 Å². The van der Waals surface area contributed by atoms with Gasteiger partial charge in [0, 0.05) is 12.7 Å². The minimum absolute atomic E-state index is 0.00125. The van der Waals surface area contributed by atoms with Gasteiger partial charge in [-0.25, -0.2) is 0 Å². The van der Waals surface area contributed by atoms with Crippen LogP contribution in [0.25, 0.3) is 0 Å². The monoisotopic (exact) mass is 338 g/mol. The van der Waals surface area contributed by atoms with Crippen molar-refractivity contribution in [2.24, 2.45) is 5.92 Å². The molecule has 0 radical (unpaired) electrons. The highest BCUT2D eigenvalue weighted by Crippen LogP contribution is 2.32. The van der Waals surface area contributed by atoms with E-state index in [-0.39, 0.29) is 12.0 Å². The van der Waals surface area contributed by atoms with Gasteiger partial charge < -0.3 is 5.11 Å². The Morgan fingerprint density at radius 2 is 1.88 bits per heavy atom. The first kappa shape index (κ1) is 17.6. The number of carboxylic acid groups (broad SMARTS) is 1. The molecule has 0 spiro atoms. The molecule has 0 amide bonds. The quantitative estimate of drug-likeness (QED) is 0.919. The summed E-state index contributed by atoms with van der Waals surface area (Å²) < 4.78 is 0. The summed E-state index contributed by atoms with van der Waals surface area (Å²) in [4.78, 5) is 18.5. The average molecular weight is 338 g/mol. The molecule has 1 saturated heterocycles. The standard InChI is InChI=1S/C21H26N2O2/c1-14-6-7-19(22-12-14)20(18-10-15(2)9-16(3)11-18)23-8-4-5-17(13-23)21(24)25/h6-7,9-12,17,20H,4-5,8,13H2,1-3H3,(H,24,25). The second-order valence-corrected chi connectivity index (χ2v) is 7.26. The molecule has 2 heterocycles. The number of nitrogens with zero attached hydrogens (tertiary/aromatic N) is 2. The van der Waals surface area contributed by atoms with Crippen LogP contribution in [-0.2, 0) is 4.79 Å². The van der Waals surface area contributed by atoms with Crippen molar-refractivity contribution in [3.63, 3.8) is 0 Å². The number of aryl methyl sites for hydroxylation is 3. The first-order valence-electron chi connectivity index (χ1n) is 8.91. The molecule has 0 saturated carbocycles. The van der Waals surface area contributed by atoms with Crippen LogP contribution >= 0.6 is 0 Å². The highest BCUT2D eigenvalue weighted by atomic mass is 16.4. The molecule has 4 nitrogen and oxygen atoms in total. The molecule has 2 unspecified atom stereocenters. The molecule has 1 aromatic heterocycles. The SMILES string of the molecule is Cc1ccc(C(c2cc(C)cc(C)c2)N2CCCC(C(=O)O)C2)nc1.